The molecule has 4 nitrogen and oxygen atoms in total. The number of benzene rings is 2. The average molecular weight is 302 g/mol. The molecule has 21 heavy (non-hydrogen) atoms. The maximum absolute atomic E-state index is 11.5. The second-order valence-corrected chi connectivity index (χ2v) is 6.21. The van der Waals surface area contributed by atoms with E-state index < -0.39 is 10.1 Å². The summed E-state index contributed by atoms with van der Waals surface area (Å²) in [7, 11) is -4.29. The van der Waals surface area contributed by atoms with Crippen molar-refractivity contribution < 1.29 is 17.7 Å². The van der Waals surface area contributed by atoms with Crippen molar-refractivity contribution in [1.82, 2.24) is 0 Å². The lowest BCUT2D eigenvalue weighted by molar-refractivity contribution is 0.346. The smallest absolute Gasteiger partial charge is 0.298 e. The summed E-state index contributed by atoms with van der Waals surface area (Å²) >= 11 is 0. The fraction of sp³-hybridized carbons (Fsp3) is 0.125. The molecule has 0 aliphatic carbocycles. The first-order valence-corrected chi connectivity index (χ1v) is 7.98. The lowest BCUT2D eigenvalue weighted by Crippen LogP contribution is -2.01. The Kier molecular flexibility index (Phi) is 3.53. The summed E-state index contributed by atoms with van der Waals surface area (Å²) in [6, 6.07) is 13.0. The van der Waals surface area contributed by atoms with Gasteiger partial charge in [0, 0.05) is 6.42 Å². The van der Waals surface area contributed by atoms with Crippen LogP contribution < -0.4 is 4.74 Å². The van der Waals surface area contributed by atoms with Crippen molar-refractivity contribution in [2.75, 3.05) is 6.61 Å². The number of rotatable bonds is 3. The van der Waals surface area contributed by atoms with Crippen LogP contribution in [0.4, 0.5) is 0 Å². The molecular formula is C16H14O4S. The van der Waals surface area contributed by atoms with Crippen LogP contribution in [0.2, 0.25) is 0 Å². The van der Waals surface area contributed by atoms with Crippen LogP contribution in [-0.2, 0) is 16.5 Å². The van der Waals surface area contributed by atoms with Crippen molar-refractivity contribution in [1.29, 1.82) is 0 Å². The Balaban J connectivity index is 2.03. The number of hydrogen-bond acceptors (Lipinski definition) is 3. The Hall–Kier alpha value is -2.11. The van der Waals surface area contributed by atoms with Gasteiger partial charge in [-0.2, -0.15) is 8.42 Å². The summed E-state index contributed by atoms with van der Waals surface area (Å²) < 4.78 is 37.6. The third kappa shape index (κ3) is 2.99. The molecule has 0 saturated heterocycles. The monoisotopic (exact) mass is 302 g/mol. The van der Waals surface area contributed by atoms with Gasteiger partial charge in [0.05, 0.1) is 6.61 Å². The van der Waals surface area contributed by atoms with E-state index in [2.05, 4.69) is 0 Å². The molecule has 0 atom stereocenters. The Labute approximate surface area is 123 Å². The first-order chi connectivity index (χ1) is 10.0. The molecular weight excluding hydrogens is 288 g/mol. The van der Waals surface area contributed by atoms with Gasteiger partial charge in [0.15, 0.2) is 0 Å². The van der Waals surface area contributed by atoms with Crippen LogP contribution in [0.25, 0.3) is 12.2 Å². The van der Waals surface area contributed by atoms with Crippen LogP contribution >= 0.6 is 0 Å². The van der Waals surface area contributed by atoms with E-state index in [0.29, 0.717) is 13.0 Å². The molecule has 0 bridgehead atoms. The quantitative estimate of drug-likeness (QED) is 0.699. The molecule has 0 unspecified atom stereocenters. The van der Waals surface area contributed by atoms with Crippen molar-refractivity contribution in [3.8, 4) is 5.75 Å². The van der Waals surface area contributed by atoms with Gasteiger partial charge in [-0.15, -0.1) is 0 Å². The topological polar surface area (TPSA) is 63.6 Å². The van der Waals surface area contributed by atoms with E-state index >= 15 is 0 Å². The molecule has 3 rings (SSSR count). The van der Waals surface area contributed by atoms with E-state index in [1.54, 1.807) is 0 Å². The van der Waals surface area contributed by atoms with E-state index in [4.69, 9.17) is 4.74 Å². The van der Waals surface area contributed by atoms with Crippen molar-refractivity contribution in [3.05, 3.63) is 59.2 Å². The molecule has 0 saturated carbocycles. The van der Waals surface area contributed by atoms with Crippen molar-refractivity contribution in [3.63, 3.8) is 0 Å². The van der Waals surface area contributed by atoms with Gasteiger partial charge in [0.1, 0.15) is 10.6 Å². The maximum atomic E-state index is 11.5. The zero-order valence-corrected chi connectivity index (χ0v) is 12.0. The van der Waals surface area contributed by atoms with Gasteiger partial charge in [0.2, 0.25) is 0 Å². The Morgan fingerprint density at radius 1 is 1.05 bits per heavy atom. The first kappa shape index (κ1) is 13.9. The highest BCUT2D eigenvalue weighted by Gasteiger charge is 2.24. The predicted octanol–water partition coefficient (Wildman–Crippen LogP) is 3.04. The van der Waals surface area contributed by atoms with E-state index in [-0.39, 0.29) is 10.6 Å². The molecule has 0 amide bonds. The lowest BCUT2D eigenvalue weighted by atomic mass is 10.1. The zero-order chi connectivity index (χ0) is 14.9. The van der Waals surface area contributed by atoms with Gasteiger partial charge in [0.25, 0.3) is 10.1 Å². The lowest BCUT2D eigenvalue weighted by Gasteiger charge is -2.07. The van der Waals surface area contributed by atoms with E-state index in [0.717, 1.165) is 16.7 Å². The molecule has 0 radical (unpaired) electrons. The third-order valence-corrected chi connectivity index (χ3v) is 4.18. The van der Waals surface area contributed by atoms with Crippen LogP contribution in [0.5, 0.6) is 5.75 Å². The van der Waals surface area contributed by atoms with Crippen LogP contribution in [0.3, 0.4) is 0 Å². The molecule has 2 aromatic rings. The maximum Gasteiger partial charge on any atom is 0.298 e. The van der Waals surface area contributed by atoms with E-state index in [9.17, 15) is 13.0 Å². The Morgan fingerprint density at radius 3 is 2.48 bits per heavy atom. The summed E-state index contributed by atoms with van der Waals surface area (Å²) in [6.07, 6.45) is 4.36. The minimum absolute atomic E-state index is 0.162. The molecule has 1 aliphatic rings. The summed E-state index contributed by atoms with van der Waals surface area (Å²) in [5, 5.41) is 0. The summed E-state index contributed by atoms with van der Waals surface area (Å²) in [5.74, 6) is 0.273. The van der Waals surface area contributed by atoms with Crippen LogP contribution in [-0.4, -0.2) is 19.6 Å². The molecule has 108 valence electrons. The SMILES string of the molecule is O=S(=O)(O)c1cc(C=Cc2ccccc2)cc2c1OCC2. The minimum Gasteiger partial charge on any atom is -0.491 e. The largest absolute Gasteiger partial charge is 0.491 e. The van der Waals surface area contributed by atoms with Gasteiger partial charge < -0.3 is 4.74 Å². The molecule has 1 aliphatic heterocycles. The molecule has 2 aromatic carbocycles. The number of ether oxygens (including phenoxy) is 1. The molecule has 0 spiro atoms. The highest BCUT2D eigenvalue weighted by Crippen LogP contribution is 2.34. The number of hydrogen-bond donors (Lipinski definition) is 1. The summed E-state index contributed by atoms with van der Waals surface area (Å²) in [4.78, 5) is -0.162. The summed E-state index contributed by atoms with van der Waals surface area (Å²) in [5.41, 5.74) is 2.54. The average Bonchev–Trinajstić information content (AvgIpc) is 2.92. The van der Waals surface area contributed by atoms with Crippen LogP contribution in [0.1, 0.15) is 16.7 Å². The summed E-state index contributed by atoms with van der Waals surface area (Å²) in [6.45, 7) is 0.434. The van der Waals surface area contributed by atoms with Crippen molar-refractivity contribution in [2.24, 2.45) is 0 Å². The molecule has 1 heterocycles. The Morgan fingerprint density at radius 2 is 1.76 bits per heavy atom. The molecule has 0 fully saturated rings. The van der Waals surface area contributed by atoms with Gasteiger partial charge in [-0.1, -0.05) is 42.5 Å². The Bertz CT molecular complexity index is 793. The van der Waals surface area contributed by atoms with Crippen molar-refractivity contribution >= 4 is 22.3 Å². The standard InChI is InChI=1S/C16H14O4S/c17-21(18,19)15-11-13(10-14-8-9-20-16(14)15)7-6-12-4-2-1-3-5-12/h1-7,10-11H,8-9H2,(H,17,18,19). The van der Waals surface area contributed by atoms with Crippen LogP contribution in [0, 0.1) is 0 Å². The second kappa shape index (κ2) is 5.35. The predicted molar refractivity (Wildman–Crippen MR) is 80.8 cm³/mol. The highest BCUT2D eigenvalue weighted by atomic mass is 32.2. The molecule has 0 aromatic heterocycles. The van der Waals surface area contributed by atoms with Crippen molar-refractivity contribution in [2.45, 2.75) is 11.3 Å². The third-order valence-electron chi connectivity index (χ3n) is 3.32. The second-order valence-electron chi connectivity index (χ2n) is 4.82. The van der Waals surface area contributed by atoms with Gasteiger partial charge in [-0.3, -0.25) is 4.55 Å². The zero-order valence-electron chi connectivity index (χ0n) is 11.2. The fourth-order valence-corrected chi connectivity index (χ4v) is 3.05. The minimum atomic E-state index is -4.29. The fourth-order valence-electron chi connectivity index (χ4n) is 2.34. The number of fused-ring (bicyclic) bond motifs is 1. The van der Waals surface area contributed by atoms with E-state index in [1.165, 1.54) is 6.07 Å². The van der Waals surface area contributed by atoms with Gasteiger partial charge >= 0.3 is 0 Å². The highest BCUT2D eigenvalue weighted by molar-refractivity contribution is 7.86. The normalized spacial score (nSPS) is 14.1. The van der Waals surface area contributed by atoms with Gasteiger partial charge in [-0.25, -0.2) is 0 Å². The van der Waals surface area contributed by atoms with Crippen LogP contribution in [0.15, 0.2) is 47.4 Å². The van der Waals surface area contributed by atoms with E-state index in [1.807, 2.05) is 48.6 Å². The first-order valence-electron chi connectivity index (χ1n) is 6.54. The molecule has 5 heteroatoms. The van der Waals surface area contributed by atoms with Gasteiger partial charge in [-0.05, 0) is 28.8 Å². The molecule has 1 N–H and O–H groups in total.